The fourth-order valence-corrected chi connectivity index (χ4v) is 6.31. The van der Waals surface area contributed by atoms with E-state index in [1.54, 1.807) is 6.07 Å². The third kappa shape index (κ3) is 5.41. The first-order valence-electron chi connectivity index (χ1n) is 12.6. The summed E-state index contributed by atoms with van der Waals surface area (Å²) in [6.07, 6.45) is 8.54. The molecule has 3 aromatic rings. The van der Waals surface area contributed by atoms with Crippen molar-refractivity contribution in [3.05, 3.63) is 45.7 Å². The molecule has 0 unspecified atom stereocenters. The summed E-state index contributed by atoms with van der Waals surface area (Å²) in [5.74, 6) is 1.53. The number of halogens is 3. The zero-order valence-electron chi connectivity index (χ0n) is 20.8. The monoisotopic (exact) mass is 536 g/mol. The van der Waals surface area contributed by atoms with Crippen LogP contribution >= 0.6 is 35.6 Å². The number of rotatable bonds is 4. The molecule has 9 heteroatoms. The molecule has 2 aromatic heterocycles. The molecular formula is C26H35Cl3N6. The molecule has 0 N–H and O–H groups in total. The van der Waals surface area contributed by atoms with Crippen molar-refractivity contribution in [2.24, 2.45) is 5.92 Å². The minimum Gasteiger partial charge on any atom is -0.355 e. The third-order valence-corrected chi connectivity index (χ3v) is 8.19. The summed E-state index contributed by atoms with van der Waals surface area (Å²) in [7, 11) is 0. The summed E-state index contributed by atoms with van der Waals surface area (Å²) in [4.78, 5) is 15.0. The fraction of sp³-hybridized carbons (Fsp3) is 0.577. The maximum absolute atomic E-state index is 6.52. The SMILES string of the molecule is Cc1nn([C@H](C)c2ccc(Cl)cc2Cl)c2nc(N3CC[C@@H](N4CCCCCC4)[C@@H](C)C3)cnc12.Cl. The van der Waals surface area contributed by atoms with E-state index in [2.05, 4.69) is 23.6 Å². The highest BCUT2D eigenvalue weighted by Gasteiger charge is 2.32. The van der Waals surface area contributed by atoms with E-state index in [4.69, 9.17) is 38.3 Å². The second-order valence-corrected chi connectivity index (χ2v) is 10.8. The van der Waals surface area contributed by atoms with Crippen LogP contribution in [0, 0.1) is 12.8 Å². The van der Waals surface area contributed by atoms with Gasteiger partial charge in [-0.2, -0.15) is 5.10 Å². The van der Waals surface area contributed by atoms with Gasteiger partial charge in [0.1, 0.15) is 11.3 Å². The van der Waals surface area contributed by atoms with Crippen LogP contribution in [0.4, 0.5) is 5.82 Å². The molecule has 2 aliphatic rings. The molecule has 1 aromatic carbocycles. The van der Waals surface area contributed by atoms with Crippen LogP contribution in [0.2, 0.25) is 10.0 Å². The lowest BCUT2D eigenvalue weighted by Crippen LogP contribution is -2.50. The highest BCUT2D eigenvalue weighted by atomic mass is 35.5. The molecule has 5 rings (SSSR count). The van der Waals surface area contributed by atoms with E-state index in [-0.39, 0.29) is 18.4 Å². The summed E-state index contributed by atoms with van der Waals surface area (Å²) >= 11 is 12.6. The Morgan fingerprint density at radius 1 is 1.06 bits per heavy atom. The molecule has 0 spiro atoms. The molecule has 0 aliphatic carbocycles. The highest BCUT2D eigenvalue weighted by Crippen LogP contribution is 2.32. The van der Waals surface area contributed by atoms with Gasteiger partial charge in [-0.1, -0.05) is 49.0 Å². The number of piperidine rings is 1. The van der Waals surface area contributed by atoms with Crippen LogP contribution in [0.25, 0.3) is 11.2 Å². The van der Waals surface area contributed by atoms with Crippen molar-refractivity contribution in [1.29, 1.82) is 0 Å². The van der Waals surface area contributed by atoms with Crippen molar-refractivity contribution in [2.75, 3.05) is 31.1 Å². The van der Waals surface area contributed by atoms with Crippen molar-refractivity contribution in [3.63, 3.8) is 0 Å². The Morgan fingerprint density at radius 2 is 1.80 bits per heavy atom. The van der Waals surface area contributed by atoms with Crippen LogP contribution in [0.3, 0.4) is 0 Å². The Hall–Kier alpha value is -1.60. The second kappa shape index (κ2) is 11.2. The normalized spacial score (nSPS) is 22.6. The molecule has 2 fully saturated rings. The third-order valence-electron chi connectivity index (χ3n) is 7.63. The van der Waals surface area contributed by atoms with E-state index in [0.29, 0.717) is 22.0 Å². The molecule has 0 saturated carbocycles. The van der Waals surface area contributed by atoms with Gasteiger partial charge in [0.25, 0.3) is 0 Å². The molecule has 35 heavy (non-hydrogen) atoms. The molecule has 6 nitrogen and oxygen atoms in total. The van der Waals surface area contributed by atoms with E-state index >= 15 is 0 Å². The van der Waals surface area contributed by atoms with E-state index in [1.807, 2.05) is 29.9 Å². The number of aryl methyl sites for hydroxylation is 1. The minimum absolute atomic E-state index is 0. The number of aromatic nitrogens is 4. The predicted molar refractivity (Wildman–Crippen MR) is 147 cm³/mol. The van der Waals surface area contributed by atoms with Crippen LogP contribution in [-0.2, 0) is 0 Å². The van der Waals surface area contributed by atoms with E-state index < -0.39 is 0 Å². The smallest absolute Gasteiger partial charge is 0.179 e. The Morgan fingerprint density at radius 3 is 2.49 bits per heavy atom. The first-order chi connectivity index (χ1) is 16.4. The molecule has 2 saturated heterocycles. The van der Waals surface area contributed by atoms with Crippen molar-refractivity contribution in [1.82, 2.24) is 24.6 Å². The lowest BCUT2D eigenvalue weighted by molar-refractivity contribution is 0.132. The van der Waals surface area contributed by atoms with Gasteiger partial charge in [-0.15, -0.1) is 12.4 Å². The highest BCUT2D eigenvalue weighted by molar-refractivity contribution is 6.35. The maximum atomic E-state index is 6.52. The Bertz CT molecular complexity index is 1160. The minimum atomic E-state index is -0.0850. The van der Waals surface area contributed by atoms with Gasteiger partial charge >= 0.3 is 0 Å². The summed E-state index contributed by atoms with van der Waals surface area (Å²) in [5, 5.41) is 6.05. The van der Waals surface area contributed by atoms with Crippen molar-refractivity contribution < 1.29 is 0 Å². The van der Waals surface area contributed by atoms with Gasteiger partial charge < -0.3 is 4.90 Å². The summed E-state index contributed by atoms with van der Waals surface area (Å²) in [6, 6.07) is 6.19. The van der Waals surface area contributed by atoms with Crippen molar-refractivity contribution >= 4 is 52.6 Å². The fourth-order valence-electron chi connectivity index (χ4n) is 5.75. The number of hydrogen-bond donors (Lipinski definition) is 0. The maximum Gasteiger partial charge on any atom is 0.179 e. The predicted octanol–water partition coefficient (Wildman–Crippen LogP) is 6.56. The first-order valence-corrected chi connectivity index (χ1v) is 13.3. The molecule has 4 heterocycles. The lowest BCUT2D eigenvalue weighted by Gasteiger charge is -2.42. The first kappa shape index (κ1) is 26.5. The molecular weight excluding hydrogens is 503 g/mol. The molecule has 0 radical (unpaired) electrons. The molecule has 3 atom stereocenters. The quantitative estimate of drug-likeness (QED) is 0.377. The molecule has 2 aliphatic heterocycles. The number of benzene rings is 1. The Balaban J connectivity index is 0.00000289. The molecule has 190 valence electrons. The van der Waals surface area contributed by atoms with Crippen LogP contribution in [-0.4, -0.2) is 56.9 Å². The number of likely N-dealkylation sites (tertiary alicyclic amines) is 1. The lowest BCUT2D eigenvalue weighted by atomic mass is 9.92. The van der Waals surface area contributed by atoms with Gasteiger partial charge in [0.05, 0.1) is 17.9 Å². The Labute approximate surface area is 224 Å². The Kier molecular flexibility index (Phi) is 8.47. The van der Waals surface area contributed by atoms with E-state index in [9.17, 15) is 0 Å². The van der Waals surface area contributed by atoms with Crippen LogP contribution in [0.15, 0.2) is 24.4 Å². The summed E-state index contributed by atoms with van der Waals surface area (Å²) in [6.45, 7) is 11.0. The van der Waals surface area contributed by atoms with Gasteiger partial charge in [0.15, 0.2) is 5.65 Å². The van der Waals surface area contributed by atoms with E-state index in [0.717, 1.165) is 41.3 Å². The van der Waals surface area contributed by atoms with Gasteiger partial charge in [0, 0.05) is 29.2 Å². The largest absolute Gasteiger partial charge is 0.355 e. The number of hydrogen-bond acceptors (Lipinski definition) is 5. The van der Waals surface area contributed by atoms with Crippen LogP contribution in [0.1, 0.15) is 63.3 Å². The van der Waals surface area contributed by atoms with Crippen molar-refractivity contribution in [3.8, 4) is 0 Å². The second-order valence-electron chi connectivity index (χ2n) is 10.0. The molecule has 0 amide bonds. The van der Waals surface area contributed by atoms with Gasteiger partial charge in [0.2, 0.25) is 0 Å². The van der Waals surface area contributed by atoms with Gasteiger partial charge in [-0.3, -0.25) is 4.90 Å². The van der Waals surface area contributed by atoms with Crippen molar-refractivity contribution in [2.45, 2.75) is 65.0 Å². The van der Waals surface area contributed by atoms with Gasteiger partial charge in [-0.25, -0.2) is 14.6 Å². The average Bonchev–Trinajstić information content (AvgIpc) is 2.98. The van der Waals surface area contributed by atoms with Crippen LogP contribution < -0.4 is 4.90 Å². The molecule has 0 bridgehead atoms. The van der Waals surface area contributed by atoms with E-state index in [1.165, 1.54) is 45.2 Å². The number of anilines is 1. The van der Waals surface area contributed by atoms with Gasteiger partial charge in [-0.05, 0) is 69.8 Å². The standard InChI is InChI=1S/C26H34Cl2N6.ClH/c1-17-16-33(13-10-23(17)32-11-6-4-5-7-12-32)24-15-29-25-18(2)31-34(26(25)30-24)19(3)21-9-8-20(27)14-22(21)28;/h8-9,14-15,17,19,23H,4-7,10-13,16H2,1-3H3;1H/t17-,19+,23+;/m0./s1. The number of fused-ring (bicyclic) bond motifs is 1. The zero-order chi connectivity index (χ0) is 23.8. The zero-order valence-corrected chi connectivity index (χ0v) is 23.1. The topological polar surface area (TPSA) is 50.1 Å². The summed E-state index contributed by atoms with van der Waals surface area (Å²) < 4.78 is 1.95. The van der Waals surface area contributed by atoms with Crippen LogP contribution in [0.5, 0.6) is 0 Å². The summed E-state index contributed by atoms with van der Waals surface area (Å²) in [5.41, 5.74) is 3.48. The number of nitrogens with zero attached hydrogens (tertiary/aromatic N) is 6. The average molecular weight is 538 g/mol.